The Hall–Kier alpha value is -3.68. The molecule has 4 heterocycles. The average Bonchev–Trinajstić information content (AvgIpc) is 3.58. The van der Waals surface area contributed by atoms with E-state index in [9.17, 15) is 5.26 Å². The molecule has 7 nitrogen and oxygen atoms in total. The molecule has 0 amide bonds. The maximum atomic E-state index is 16.6. The minimum atomic E-state index is -0.746. The number of nitrogens with zero attached hydrogens (tertiary/aromatic N) is 5. The molecule has 4 aromatic rings. The zero-order valence-corrected chi connectivity index (χ0v) is 22.8. The molecular formula is C29H29F2N7S. The van der Waals surface area contributed by atoms with E-state index in [0.717, 1.165) is 30.8 Å². The van der Waals surface area contributed by atoms with Crippen LogP contribution < -0.4 is 11.5 Å². The highest BCUT2D eigenvalue weighted by Crippen LogP contribution is 2.46. The Morgan fingerprint density at radius 3 is 2.59 bits per heavy atom. The highest BCUT2D eigenvalue weighted by Gasteiger charge is 2.43. The Morgan fingerprint density at radius 1 is 1.15 bits per heavy atom. The molecule has 2 fully saturated rings. The molecule has 0 unspecified atom stereocenters. The van der Waals surface area contributed by atoms with Crippen LogP contribution in [0.4, 0.5) is 19.5 Å². The van der Waals surface area contributed by atoms with Crippen LogP contribution in [0.3, 0.4) is 0 Å². The molecule has 0 spiro atoms. The van der Waals surface area contributed by atoms with Gasteiger partial charge in [0.2, 0.25) is 0 Å². The quantitative estimate of drug-likeness (QED) is 0.244. The third kappa shape index (κ3) is 3.86. The molecule has 2 aromatic carbocycles. The van der Waals surface area contributed by atoms with Crippen molar-refractivity contribution in [3.8, 4) is 17.2 Å². The number of fused-ring (bicyclic) bond motifs is 3. The number of nitrogen functional groups attached to an aromatic ring is 2. The summed E-state index contributed by atoms with van der Waals surface area (Å²) in [6.07, 6.45) is 7.79. The summed E-state index contributed by atoms with van der Waals surface area (Å²) < 4.78 is 32.7. The lowest BCUT2D eigenvalue weighted by atomic mass is 9.88. The van der Waals surface area contributed by atoms with E-state index < -0.39 is 11.6 Å². The number of nitrogens with two attached hydrogens (primary N) is 2. The van der Waals surface area contributed by atoms with Crippen LogP contribution in [0.25, 0.3) is 32.1 Å². The van der Waals surface area contributed by atoms with Crippen molar-refractivity contribution in [2.45, 2.75) is 51.0 Å². The molecule has 2 aliphatic rings. The molecule has 2 saturated heterocycles. The van der Waals surface area contributed by atoms with E-state index in [1.807, 2.05) is 6.92 Å². The van der Waals surface area contributed by atoms with Crippen LogP contribution in [0.1, 0.15) is 54.7 Å². The summed E-state index contributed by atoms with van der Waals surface area (Å²) in [4.78, 5) is 16.2. The van der Waals surface area contributed by atoms with Gasteiger partial charge in [0.1, 0.15) is 28.2 Å². The number of aliphatic imine (C=N–C) groups is 1. The fourth-order valence-electron chi connectivity index (χ4n) is 6.75. The Bertz CT molecular complexity index is 1710. The molecule has 39 heavy (non-hydrogen) atoms. The molecule has 2 aliphatic heterocycles. The predicted octanol–water partition coefficient (Wildman–Crippen LogP) is 5.74. The van der Waals surface area contributed by atoms with Gasteiger partial charge in [0.05, 0.1) is 11.3 Å². The SMILES string of the molecule is CN=Cc1c(N)c(-c2c(F)ccc3sc(N)c(C#N)c23)c(F)c2nc(CCC34CCCN3CCC4)nc(C)c12. The van der Waals surface area contributed by atoms with Crippen molar-refractivity contribution in [3.63, 3.8) is 0 Å². The molecule has 4 N–H and O–H groups in total. The first-order chi connectivity index (χ1) is 18.8. The zero-order chi connectivity index (χ0) is 27.5. The third-order valence-electron chi connectivity index (χ3n) is 8.47. The van der Waals surface area contributed by atoms with Gasteiger partial charge in [-0.25, -0.2) is 18.7 Å². The highest BCUT2D eigenvalue weighted by atomic mass is 32.1. The van der Waals surface area contributed by atoms with Crippen LogP contribution >= 0.6 is 11.3 Å². The van der Waals surface area contributed by atoms with Crippen molar-refractivity contribution in [1.82, 2.24) is 14.9 Å². The minimum Gasteiger partial charge on any atom is -0.398 e. The number of halogens is 2. The van der Waals surface area contributed by atoms with E-state index in [-0.39, 0.29) is 43.8 Å². The summed E-state index contributed by atoms with van der Waals surface area (Å²) in [6, 6.07) is 4.84. The van der Waals surface area contributed by atoms with Gasteiger partial charge in [-0.05, 0) is 64.3 Å². The van der Waals surface area contributed by atoms with Gasteiger partial charge >= 0.3 is 0 Å². The summed E-state index contributed by atoms with van der Waals surface area (Å²) >= 11 is 1.15. The van der Waals surface area contributed by atoms with Crippen LogP contribution in [0.15, 0.2) is 17.1 Å². The lowest BCUT2D eigenvalue weighted by Gasteiger charge is -2.32. The molecule has 200 valence electrons. The first kappa shape index (κ1) is 25.6. The lowest BCUT2D eigenvalue weighted by molar-refractivity contribution is 0.181. The topological polar surface area (TPSA) is 117 Å². The molecule has 0 aliphatic carbocycles. The van der Waals surface area contributed by atoms with Crippen molar-refractivity contribution >= 4 is 49.2 Å². The number of benzene rings is 2. The van der Waals surface area contributed by atoms with E-state index in [1.54, 1.807) is 13.1 Å². The van der Waals surface area contributed by atoms with Crippen molar-refractivity contribution in [2.24, 2.45) is 4.99 Å². The van der Waals surface area contributed by atoms with E-state index in [1.165, 1.54) is 38.0 Å². The van der Waals surface area contributed by atoms with Crippen LogP contribution in [0.5, 0.6) is 0 Å². The Kier molecular flexibility index (Phi) is 6.24. The highest BCUT2D eigenvalue weighted by molar-refractivity contribution is 7.23. The van der Waals surface area contributed by atoms with Crippen LogP contribution in [-0.2, 0) is 6.42 Å². The minimum absolute atomic E-state index is 0.0107. The summed E-state index contributed by atoms with van der Waals surface area (Å²) in [5.74, 6) is -0.892. The normalized spacial score (nSPS) is 17.0. The van der Waals surface area contributed by atoms with Gasteiger partial charge in [-0.2, -0.15) is 5.26 Å². The van der Waals surface area contributed by atoms with Gasteiger partial charge < -0.3 is 11.5 Å². The van der Waals surface area contributed by atoms with Crippen molar-refractivity contribution in [3.05, 3.63) is 46.4 Å². The predicted molar refractivity (Wildman–Crippen MR) is 153 cm³/mol. The van der Waals surface area contributed by atoms with Gasteiger partial charge in [-0.1, -0.05) is 0 Å². The van der Waals surface area contributed by atoms with Gasteiger partial charge in [-0.3, -0.25) is 9.89 Å². The second-order valence-corrected chi connectivity index (χ2v) is 11.6. The van der Waals surface area contributed by atoms with Gasteiger partial charge in [-0.15, -0.1) is 11.3 Å². The van der Waals surface area contributed by atoms with Gasteiger partial charge in [0.15, 0.2) is 5.82 Å². The molecule has 2 aromatic heterocycles. The first-order valence-corrected chi connectivity index (χ1v) is 14.0. The molecule has 0 radical (unpaired) electrons. The first-order valence-electron chi connectivity index (χ1n) is 13.2. The van der Waals surface area contributed by atoms with Crippen molar-refractivity contribution in [1.29, 1.82) is 5.26 Å². The van der Waals surface area contributed by atoms with Gasteiger partial charge in [0, 0.05) is 63.1 Å². The monoisotopic (exact) mass is 545 g/mol. The molecule has 6 rings (SSSR count). The Labute approximate surface area is 229 Å². The number of hydrogen-bond acceptors (Lipinski definition) is 8. The standard InChI is InChI=1S/C29H29F2N7S/c1-15-21-17(14-35-2)26(33)24(23-18(30)5-6-19-22(23)16(13-32)28(34)39-19)25(31)27(21)37-20(36-15)7-10-29-8-3-11-38(29)12-4-9-29/h5-6,14H,3-4,7-12,33-34H2,1-2H3. The second kappa shape index (κ2) is 9.50. The zero-order valence-electron chi connectivity index (χ0n) is 21.9. The number of aryl methyl sites for hydroxylation is 2. The second-order valence-electron chi connectivity index (χ2n) is 10.5. The number of aromatic nitrogens is 2. The number of hydrogen-bond donors (Lipinski definition) is 2. The van der Waals surface area contributed by atoms with E-state index in [0.29, 0.717) is 33.6 Å². The number of anilines is 2. The number of thiophene rings is 1. The van der Waals surface area contributed by atoms with Gasteiger partial charge in [0.25, 0.3) is 0 Å². The molecule has 10 heteroatoms. The Balaban J connectivity index is 1.58. The van der Waals surface area contributed by atoms with Crippen LogP contribution in [0.2, 0.25) is 0 Å². The number of rotatable bonds is 5. The third-order valence-corrected chi connectivity index (χ3v) is 9.45. The Morgan fingerprint density at radius 2 is 1.90 bits per heavy atom. The fraction of sp³-hybridized carbons (Fsp3) is 0.379. The van der Waals surface area contributed by atoms with E-state index in [4.69, 9.17) is 21.4 Å². The molecule has 0 saturated carbocycles. The van der Waals surface area contributed by atoms with Crippen LogP contribution in [-0.4, -0.2) is 46.8 Å². The lowest BCUT2D eigenvalue weighted by Crippen LogP contribution is -2.38. The number of nitriles is 1. The molecule has 0 bridgehead atoms. The summed E-state index contributed by atoms with van der Waals surface area (Å²) in [5, 5.41) is 10.7. The largest absolute Gasteiger partial charge is 0.398 e. The van der Waals surface area contributed by atoms with Crippen molar-refractivity contribution < 1.29 is 8.78 Å². The summed E-state index contributed by atoms with van der Waals surface area (Å²) in [6.45, 7) is 4.07. The van der Waals surface area contributed by atoms with E-state index >= 15 is 8.78 Å². The summed E-state index contributed by atoms with van der Waals surface area (Å²) in [5.41, 5.74) is 13.8. The average molecular weight is 546 g/mol. The van der Waals surface area contributed by atoms with E-state index in [2.05, 4.69) is 16.0 Å². The summed E-state index contributed by atoms with van der Waals surface area (Å²) in [7, 11) is 1.59. The maximum absolute atomic E-state index is 16.6. The fourth-order valence-corrected chi connectivity index (χ4v) is 7.68. The maximum Gasteiger partial charge on any atom is 0.159 e. The van der Waals surface area contributed by atoms with Crippen LogP contribution in [0, 0.1) is 29.9 Å². The molecule has 0 atom stereocenters. The van der Waals surface area contributed by atoms with Crippen molar-refractivity contribution in [2.75, 3.05) is 31.6 Å². The molecular weight excluding hydrogens is 516 g/mol. The smallest absolute Gasteiger partial charge is 0.159 e.